The first-order chi connectivity index (χ1) is 16.2. The van der Waals surface area contributed by atoms with Crippen LogP contribution in [0.4, 0.5) is 5.69 Å². The van der Waals surface area contributed by atoms with Gasteiger partial charge in [-0.2, -0.15) is 4.31 Å². The molecule has 1 aliphatic heterocycles. The van der Waals surface area contributed by atoms with Crippen LogP contribution in [-0.2, 0) is 19.6 Å². The topological polar surface area (TPSA) is 108 Å². The van der Waals surface area contributed by atoms with E-state index in [4.69, 9.17) is 4.74 Å². The highest BCUT2D eigenvalue weighted by Gasteiger charge is 2.27. The van der Waals surface area contributed by atoms with Gasteiger partial charge in [-0.15, -0.1) is 0 Å². The number of benzene rings is 2. The van der Waals surface area contributed by atoms with Gasteiger partial charge >= 0.3 is 0 Å². The van der Waals surface area contributed by atoms with Crippen molar-refractivity contribution < 1.29 is 22.7 Å². The second kappa shape index (κ2) is 11.5. The number of amides is 2. The van der Waals surface area contributed by atoms with E-state index in [2.05, 4.69) is 10.6 Å². The van der Waals surface area contributed by atoms with Crippen molar-refractivity contribution in [1.82, 2.24) is 14.5 Å². The maximum Gasteiger partial charge on any atom is 0.243 e. The normalized spacial score (nSPS) is 15.4. The van der Waals surface area contributed by atoms with Crippen LogP contribution in [0.15, 0.2) is 47.4 Å². The van der Waals surface area contributed by atoms with Crippen LogP contribution >= 0.6 is 0 Å². The highest BCUT2D eigenvalue weighted by atomic mass is 32.2. The molecule has 184 valence electrons. The van der Waals surface area contributed by atoms with Crippen LogP contribution in [0.25, 0.3) is 0 Å². The van der Waals surface area contributed by atoms with Crippen LogP contribution in [0, 0.1) is 13.8 Å². The fraction of sp³-hybridized carbons (Fsp3) is 0.417. The van der Waals surface area contributed by atoms with Gasteiger partial charge in [-0.25, -0.2) is 8.42 Å². The number of rotatable bonds is 8. The average molecular weight is 489 g/mol. The lowest BCUT2D eigenvalue weighted by Gasteiger charge is -2.21. The van der Waals surface area contributed by atoms with Gasteiger partial charge in [0.05, 0.1) is 30.8 Å². The summed E-state index contributed by atoms with van der Waals surface area (Å²) in [7, 11) is -2.05. The van der Waals surface area contributed by atoms with Gasteiger partial charge in [-0.1, -0.05) is 23.8 Å². The number of ether oxygens (including phenoxy) is 1. The zero-order chi connectivity index (χ0) is 24.7. The first-order valence-electron chi connectivity index (χ1n) is 11.2. The van der Waals surface area contributed by atoms with Crippen molar-refractivity contribution in [2.24, 2.45) is 0 Å². The molecule has 0 radical (unpaired) electrons. The number of hydrogen-bond acceptors (Lipinski definition) is 6. The second-order valence-electron chi connectivity index (χ2n) is 8.38. The molecule has 0 aromatic heterocycles. The Hall–Kier alpha value is -2.95. The molecule has 0 saturated carbocycles. The van der Waals surface area contributed by atoms with Crippen molar-refractivity contribution >= 4 is 27.5 Å². The van der Waals surface area contributed by atoms with Crippen LogP contribution in [0.5, 0.6) is 5.75 Å². The maximum atomic E-state index is 12.9. The number of methoxy groups -OCH3 is 1. The molecular formula is C24H32N4O5S. The summed E-state index contributed by atoms with van der Waals surface area (Å²) < 4.78 is 32.6. The van der Waals surface area contributed by atoms with Crippen molar-refractivity contribution in [3.8, 4) is 5.75 Å². The van der Waals surface area contributed by atoms with Crippen LogP contribution in [0.2, 0.25) is 0 Å². The van der Waals surface area contributed by atoms with Crippen molar-refractivity contribution in [1.29, 1.82) is 0 Å². The van der Waals surface area contributed by atoms with Gasteiger partial charge < -0.3 is 15.4 Å². The predicted octanol–water partition coefficient (Wildman–Crippen LogP) is 1.76. The van der Waals surface area contributed by atoms with E-state index in [0.717, 1.165) is 11.1 Å². The minimum absolute atomic E-state index is 0.0967. The molecule has 1 fully saturated rings. The standard InChI is InChI=1S/C24H32N4O5S/c1-18-5-8-20(9-6-18)34(31,32)28-12-4-11-27(13-14-28)17-24(30)25-16-23(29)26-21-15-19(2)7-10-22(21)33-3/h5-10,15H,4,11-14,16-17H2,1-3H3,(H,25,30)(H,26,29). The van der Waals surface area contributed by atoms with Gasteiger partial charge in [0.2, 0.25) is 21.8 Å². The molecule has 1 aliphatic rings. The molecule has 2 amide bonds. The summed E-state index contributed by atoms with van der Waals surface area (Å²) in [4.78, 5) is 26.9. The molecule has 9 nitrogen and oxygen atoms in total. The number of nitrogens with one attached hydrogen (secondary N) is 2. The van der Waals surface area contributed by atoms with Gasteiger partial charge in [0.25, 0.3) is 0 Å². The lowest BCUT2D eigenvalue weighted by molar-refractivity contribution is -0.125. The molecule has 2 aromatic rings. The van der Waals surface area contributed by atoms with E-state index in [1.165, 1.54) is 11.4 Å². The number of carbonyl (C=O) groups excluding carboxylic acids is 2. The number of aryl methyl sites for hydroxylation is 2. The molecule has 1 heterocycles. The molecule has 1 saturated heterocycles. The number of sulfonamides is 1. The van der Waals surface area contributed by atoms with Crippen molar-refractivity contribution in [3.05, 3.63) is 53.6 Å². The second-order valence-corrected chi connectivity index (χ2v) is 10.3. The van der Waals surface area contributed by atoms with E-state index in [9.17, 15) is 18.0 Å². The SMILES string of the molecule is COc1ccc(C)cc1NC(=O)CNC(=O)CN1CCCN(S(=O)(=O)c2ccc(C)cc2)CC1. The van der Waals surface area contributed by atoms with Crippen LogP contribution in [-0.4, -0.2) is 75.8 Å². The Bertz CT molecular complexity index is 1120. The van der Waals surface area contributed by atoms with Gasteiger partial charge in [0.1, 0.15) is 5.75 Å². The zero-order valence-electron chi connectivity index (χ0n) is 19.8. The monoisotopic (exact) mass is 488 g/mol. The highest BCUT2D eigenvalue weighted by Crippen LogP contribution is 2.25. The van der Waals surface area contributed by atoms with Crippen molar-refractivity contribution in [3.63, 3.8) is 0 Å². The van der Waals surface area contributed by atoms with E-state index in [-0.39, 0.29) is 29.8 Å². The molecule has 34 heavy (non-hydrogen) atoms. The Morgan fingerprint density at radius 2 is 1.65 bits per heavy atom. The first-order valence-corrected chi connectivity index (χ1v) is 12.6. The first kappa shape index (κ1) is 25.7. The number of carbonyl (C=O) groups is 2. The Labute approximate surface area is 201 Å². The largest absolute Gasteiger partial charge is 0.495 e. The van der Waals surface area contributed by atoms with Gasteiger partial charge in [-0.3, -0.25) is 14.5 Å². The molecule has 0 spiro atoms. The molecule has 3 rings (SSSR count). The zero-order valence-corrected chi connectivity index (χ0v) is 20.7. The molecule has 0 unspecified atom stereocenters. The molecule has 0 aliphatic carbocycles. The Morgan fingerprint density at radius 3 is 2.35 bits per heavy atom. The summed E-state index contributed by atoms with van der Waals surface area (Å²) in [6, 6.07) is 12.3. The molecule has 0 bridgehead atoms. The predicted molar refractivity (Wildman–Crippen MR) is 130 cm³/mol. The summed E-state index contributed by atoms with van der Waals surface area (Å²) in [6.07, 6.45) is 0.617. The third-order valence-electron chi connectivity index (χ3n) is 5.65. The Balaban J connectivity index is 1.48. The van der Waals surface area contributed by atoms with E-state index in [0.29, 0.717) is 44.0 Å². The summed E-state index contributed by atoms with van der Waals surface area (Å²) in [5.74, 6) is -0.107. The minimum Gasteiger partial charge on any atom is -0.495 e. The summed E-state index contributed by atoms with van der Waals surface area (Å²) in [5.41, 5.74) is 2.52. The van der Waals surface area contributed by atoms with E-state index in [1.54, 1.807) is 36.4 Å². The molecule has 2 aromatic carbocycles. The van der Waals surface area contributed by atoms with Crippen molar-refractivity contribution in [2.75, 3.05) is 51.7 Å². The quantitative estimate of drug-likeness (QED) is 0.586. The van der Waals surface area contributed by atoms with Gasteiger partial charge in [0.15, 0.2) is 0 Å². The highest BCUT2D eigenvalue weighted by molar-refractivity contribution is 7.89. The number of nitrogens with zero attached hydrogens (tertiary/aromatic N) is 2. The average Bonchev–Trinajstić information content (AvgIpc) is 3.04. The summed E-state index contributed by atoms with van der Waals surface area (Å²) in [5, 5.41) is 5.38. The summed E-state index contributed by atoms with van der Waals surface area (Å²) in [6.45, 7) is 5.48. The third kappa shape index (κ3) is 6.78. The lowest BCUT2D eigenvalue weighted by atomic mass is 10.2. The fourth-order valence-electron chi connectivity index (χ4n) is 3.76. The smallest absolute Gasteiger partial charge is 0.243 e. The summed E-state index contributed by atoms with van der Waals surface area (Å²) >= 11 is 0. The Morgan fingerprint density at radius 1 is 0.941 bits per heavy atom. The van der Waals surface area contributed by atoms with Crippen LogP contribution in [0.1, 0.15) is 17.5 Å². The fourth-order valence-corrected chi connectivity index (χ4v) is 5.23. The van der Waals surface area contributed by atoms with E-state index < -0.39 is 10.0 Å². The molecular weight excluding hydrogens is 456 g/mol. The molecule has 0 atom stereocenters. The molecule has 10 heteroatoms. The van der Waals surface area contributed by atoms with Crippen molar-refractivity contribution in [2.45, 2.75) is 25.2 Å². The maximum absolute atomic E-state index is 12.9. The Kier molecular flexibility index (Phi) is 8.65. The van der Waals surface area contributed by atoms with E-state index in [1.807, 2.05) is 24.8 Å². The lowest BCUT2D eigenvalue weighted by Crippen LogP contribution is -2.42. The van der Waals surface area contributed by atoms with Gasteiger partial charge in [0, 0.05) is 19.6 Å². The van der Waals surface area contributed by atoms with Crippen LogP contribution in [0.3, 0.4) is 0 Å². The molecule has 2 N–H and O–H groups in total. The third-order valence-corrected chi connectivity index (χ3v) is 7.56. The van der Waals surface area contributed by atoms with Crippen LogP contribution < -0.4 is 15.4 Å². The van der Waals surface area contributed by atoms with E-state index >= 15 is 0 Å². The van der Waals surface area contributed by atoms with Gasteiger partial charge in [-0.05, 0) is 56.6 Å². The number of hydrogen-bond donors (Lipinski definition) is 2. The number of anilines is 1. The minimum atomic E-state index is -3.57.